The Balaban J connectivity index is 1.51. The van der Waals surface area contributed by atoms with Crippen LogP contribution in [0.15, 0.2) is 65.5 Å². The summed E-state index contributed by atoms with van der Waals surface area (Å²) < 4.78 is 13.6. The lowest BCUT2D eigenvalue weighted by molar-refractivity contribution is 0.284. The molecule has 2 heterocycles. The Morgan fingerprint density at radius 3 is 2.66 bits per heavy atom. The summed E-state index contributed by atoms with van der Waals surface area (Å²) in [7, 11) is 1.55. The van der Waals surface area contributed by atoms with Crippen molar-refractivity contribution in [3.8, 4) is 11.5 Å². The van der Waals surface area contributed by atoms with Crippen molar-refractivity contribution in [3.63, 3.8) is 0 Å². The molecule has 0 fully saturated rings. The van der Waals surface area contributed by atoms with Gasteiger partial charge in [-0.15, -0.1) is 0 Å². The van der Waals surface area contributed by atoms with Crippen LogP contribution in [0.2, 0.25) is 10.0 Å². The van der Waals surface area contributed by atoms with E-state index in [2.05, 4.69) is 4.98 Å². The molecule has 0 atom stereocenters. The van der Waals surface area contributed by atoms with Crippen LogP contribution >= 0.6 is 34.5 Å². The van der Waals surface area contributed by atoms with Crippen molar-refractivity contribution in [2.75, 3.05) is 7.11 Å². The number of rotatable bonds is 5. The molecule has 0 radical (unpaired) electrons. The Kier molecular flexibility index (Phi) is 5.51. The minimum atomic E-state index is -0.114. The van der Waals surface area contributed by atoms with Gasteiger partial charge in [0, 0.05) is 5.02 Å². The highest BCUT2D eigenvalue weighted by Gasteiger charge is 2.14. The molecule has 0 unspecified atom stereocenters. The molecule has 5 rings (SSSR count). The largest absolute Gasteiger partial charge is 0.493 e. The Hall–Kier alpha value is -3.06. The monoisotopic (exact) mass is 482 g/mol. The van der Waals surface area contributed by atoms with Crippen molar-refractivity contribution in [2.24, 2.45) is 0 Å². The molecular formula is C24H16Cl2N2O3S. The van der Waals surface area contributed by atoms with E-state index in [9.17, 15) is 4.79 Å². The second kappa shape index (κ2) is 8.47. The van der Waals surface area contributed by atoms with Gasteiger partial charge in [-0.2, -0.15) is 0 Å². The summed E-state index contributed by atoms with van der Waals surface area (Å²) in [5.41, 5.74) is 3.17. The maximum atomic E-state index is 13.0. The van der Waals surface area contributed by atoms with Gasteiger partial charge in [-0.05, 0) is 53.6 Å². The van der Waals surface area contributed by atoms with Gasteiger partial charge in [0.25, 0.3) is 5.56 Å². The first-order valence-electron chi connectivity index (χ1n) is 9.70. The highest BCUT2D eigenvalue weighted by molar-refractivity contribution is 7.15. The molecule has 0 saturated heterocycles. The van der Waals surface area contributed by atoms with Gasteiger partial charge in [0.05, 0.1) is 27.7 Å². The summed E-state index contributed by atoms with van der Waals surface area (Å²) in [5.74, 6) is 0.924. The molecule has 2 aromatic heterocycles. The summed E-state index contributed by atoms with van der Waals surface area (Å²) in [6.07, 6.45) is 1.79. The summed E-state index contributed by atoms with van der Waals surface area (Å²) in [6.45, 7) is 0.316. The first kappa shape index (κ1) is 20.8. The number of aromatic nitrogens is 2. The first-order chi connectivity index (χ1) is 15.5. The fourth-order valence-electron chi connectivity index (χ4n) is 3.46. The number of hydrogen-bond acceptors (Lipinski definition) is 5. The van der Waals surface area contributed by atoms with Crippen LogP contribution in [0, 0.1) is 0 Å². The Morgan fingerprint density at radius 1 is 1.09 bits per heavy atom. The maximum absolute atomic E-state index is 13.0. The van der Waals surface area contributed by atoms with Gasteiger partial charge in [0.2, 0.25) is 0 Å². The maximum Gasteiger partial charge on any atom is 0.274 e. The van der Waals surface area contributed by atoms with Gasteiger partial charge in [-0.25, -0.2) is 9.38 Å². The van der Waals surface area contributed by atoms with Crippen molar-refractivity contribution in [1.29, 1.82) is 0 Å². The predicted octanol–water partition coefficient (Wildman–Crippen LogP) is 5.35. The van der Waals surface area contributed by atoms with E-state index in [0.717, 1.165) is 22.2 Å². The Bertz CT molecular complexity index is 1560. The van der Waals surface area contributed by atoms with Crippen LogP contribution in [0.3, 0.4) is 0 Å². The first-order valence-corrected chi connectivity index (χ1v) is 11.3. The topological polar surface area (TPSA) is 52.8 Å². The zero-order valence-corrected chi connectivity index (χ0v) is 19.2. The smallest absolute Gasteiger partial charge is 0.274 e. The third-order valence-electron chi connectivity index (χ3n) is 4.99. The predicted molar refractivity (Wildman–Crippen MR) is 129 cm³/mol. The van der Waals surface area contributed by atoms with E-state index < -0.39 is 0 Å². The highest BCUT2D eigenvalue weighted by Crippen LogP contribution is 2.37. The van der Waals surface area contributed by atoms with Crippen LogP contribution in [0.25, 0.3) is 22.1 Å². The molecule has 0 aliphatic rings. The number of methoxy groups -OCH3 is 1. The third-order valence-corrected chi connectivity index (χ3v) is 6.49. The molecule has 0 amide bonds. The number of fused-ring (bicyclic) bond motifs is 3. The second-order valence-electron chi connectivity index (χ2n) is 7.08. The zero-order valence-electron chi connectivity index (χ0n) is 16.8. The number of thiazole rings is 1. The standard InChI is InChI=1S/C24H16Cl2N2O3S/c1-30-20-11-15(10-17(26)22(20)31-13-14-6-8-16(25)9-7-14)12-21-23(29)28-19-5-3-2-4-18(19)27-24(28)32-21/h2-12H,13H2,1H3. The summed E-state index contributed by atoms with van der Waals surface area (Å²) in [6, 6.07) is 18.5. The lowest BCUT2D eigenvalue weighted by atomic mass is 10.2. The van der Waals surface area contributed by atoms with Crippen molar-refractivity contribution in [2.45, 2.75) is 6.61 Å². The van der Waals surface area contributed by atoms with E-state index in [4.69, 9.17) is 32.7 Å². The lowest BCUT2D eigenvalue weighted by Gasteiger charge is -2.13. The number of ether oxygens (including phenoxy) is 2. The van der Waals surface area contributed by atoms with E-state index >= 15 is 0 Å². The summed E-state index contributed by atoms with van der Waals surface area (Å²) >= 11 is 13.8. The SMILES string of the molecule is COc1cc(C=c2sc3nc4ccccc4n3c2=O)cc(Cl)c1OCc1ccc(Cl)cc1. The van der Waals surface area contributed by atoms with E-state index in [-0.39, 0.29) is 5.56 Å². The van der Waals surface area contributed by atoms with Crippen molar-refractivity contribution in [1.82, 2.24) is 9.38 Å². The minimum Gasteiger partial charge on any atom is -0.493 e. The molecule has 160 valence electrons. The number of halogens is 2. The van der Waals surface area contributed by atoms with Crippen LogP contribution in [0.5, 0.6) is 11.5 Å². The molecule has 5 aromatic rings. The number of para-hydroxylation sites is 2. The fourth-order valence-corrected chi connectivity index (χ4v) is 4.85. The second-order valence-corrected chi connectivity index (χ2v) is 8.94. The molecule has 8 heteroatoms. The van der Waals surface area contributed by atoms with Crippen LogP contribution in [0.4, 0.5) is 0 Å². The lowest BCUT2D eigenvalue weighted by Crippen LogP contribution is -2.22. The normalized spacial score (nSPS) is 12.0. The van der Waals surface area contributed by atoms with Gasteiger partial charge in [-0.3, -0.25) is 4.79 Å². The van der Waals surface area contributed by atoms with Crippen molar-refractivity contribution >= 4 is 56.6 Å². The molecule has 32 heavy (non-hydrogen) atoms. The number of benzene rings is 3. The van der Waals surface area contributed by atoms with E-state index in [0.29, 0.717) is 37.6 Å². The fraction of sp³-hybridized carbons (Fsp3) is 0.0833. The van der Waals surface area contributed by atoms with Crippen LogP contribution in [-0.2, 0) is 6.61 Å². The molecule has 0 spiro atoms. The molecule has 0 N–H and O–H groups in total. The highest BCUT2D eigenvalue weighted by atomic mass is 35.5. The van der Waals surface area contributed by atoms with E-state index in [1.54, 1.807) is 41.9 Å². The van der Waals surface area contributed by atoms with Crippen LogP contribution in [0.1, 0.15) is 11.1 Å². The number of nitrogens with zero attached hydrogens (tertiary/aromatic N) is 2. The minimum absolute atomic E-state index is 0.114. The van der Waals surface area contributed by atoms with E-state index in [1.165, 1.54) is 11.3 Å². The van der Waals surface area contributed by atoms with Gasteiger partial charge < -0.3 is 9.47 Å². The molecule has 0 saturated carbocycles. The van der Waals surface area contributed by atoms with Crippen molar-refractivity contribution < 1.29 is 9.47 Å². The summed E-state index contributed by atoms with van der Waals surface area (Å²) in [5, 5.41) is 1.06. The van der Waals surface area contributed by atoms with Gasteiger partial charge >= 0.3 is 0 Å². The average molecular weight is 483 g/mol. The third kappa shape index (κ3) is 3.81. The average Bonchev–Trinajstić information content (AvgIpc) is 3.30. The number of imidazole rings is 1. The van der Waals surface area contributed by atoms with Gasteiger partial charge in [0.15, 0.2) is 16.5 Å². The molecular weight excluding hydrogens is 467 g/mol. The zero-order chi connectivity index (χ0) is 22.2. The van der Waals surface area contributed by atoms with Crippen molar-refractivity contribution in [3.05, 3.63) is 96.7 Å². The van der Waals surface area contributed by atoms with Gasteiger partial charge in [0.1, 0.15) is 6.61 Å². The molecule has 0 aliphatic heterocycles. The summed E-state index contributed by atoms with van der Waals surface area (Å²) in [4.78, 5) is 18.2. The van der Waals surface area contributed by atoms with Crippen LogP contribution in [-0.4, -0.2) is 16.5 Å². The van der Waals surface area contributed by atoms with E-state index in [1.807, 2.05) is 36.4 Å². The molecule has 5 nitrogen and oxygen atoms in total. The van der Waals surface area contributed by atoms with Crippen LogP contribution < -0.4 is 19.6 Å². The van der Waals surface area contributed by atoms with Gasteiger partial charge in [-0.1, -0.05) is 58.8 Å². The quantitative estimate of drug-likeness (QED) is 0.338. The Morgan fingerprint density at radius 2 is 1.88 bits per heavy atom. The molecule has 0 aliphatic carbocycles. The molecule has 3 aromatic carbocycles. The molecule has 0 bridgehead atoms. The number of hydrogen-bond donors (Lipinski definition) is 0. The Labute approximate surface area is 197 Å².